The molecule has 0 bridgehead atoms. The lowest BCUT2D eigenvalue weighted by Gasteiger charge is -2.09. The van der Waals surface area contributed by atoms with Crippen LogP contribution in [-0.4, -0.2) is 12.5 Å². The van der Waals surface area contributed by atoms with Crippen LogP contribution in [-0.2, 0) is 4.79 Å². The van der Waals surface area contributed by atoms with E-state index in [-0.39, 0.29) is 5.91 Å². The number of anilines is 2. The maximum atomic E-state index is 11.8. The van der Waals surface area contributed by atoms with Crippen molar-refractivity contribution >= 4 is 17.3 Å². The Morgan fingerprint density at radius 2 is 1.86 bits per heavy atom. The van der Waals surface area contributed by atoms with Gasteiger partial charge in [-0.05, 0) is 49.2 Å². The van der Waals surface area contributed by atoms with E-state index in [4.69, 9.17) is 10.5 Å². The van der Waals surface area contributed by atoms with Crippen molar-refractivity contribution in [3.8, 4) is 5.75 Å². The molecule has 0 fully saturated rings. The van der Waals surface area contributed by atoms with Gasteiger partial charge in [-0.25, -0.2) is 0 Å². The summed E-state index contributed by atoms with van der Waals surface area (Å²) in [7, 11) is 0. The Morgan fingerprint density at radius 1 is 1.14 bits per heavy atom. The zero-order chi connectivity index (χ0) is 15.1. The first-order chi connectivity index (χ1) is 10.1. The van der Waals surface area contributed by atoms with E-state index >= 15 is 0 Å². The van der Waals surface area contributed by atoms with E-state index in [2.05, 4.69) is 5.32 Å². The van der Waals surface area contributed by atoms with Crippen molar-refractivity contribution in [1.82, 2.24) is 0 Å². The minimum absolute atomic E-state index is 0.0202. The summed E-state index contributed by atoms with van der Waals surface area (Å²) in [6.07, 6.45) is 1.10. The number of nitrogens with one attached hydrogen (secondary N) is 1. The monoisotopic (exact) mass is 284 g/mol. The van der Waals surface area contributed by atoms with Crippen molar-refractivity contribution in [2.45, 2.75) is 19.8 Å². The SMILES string of the molecule is Cc1ccccc1OCCCC(=O)Nc1ccc(N)cc1. The molecule has 4 heteroatoms. The highest BCUT2D eigenvalue weighted by Gasteiger charge is 2.03. The molecular weight excluding hydrogens is 264 g/mol. The van der Waals surface area contributed by atoms with Crippen LogP contribution in [0.25, 0.3) is 0 Å². The van der Waals surface area contributed by atoms with Crippen LogP contribution in [0.1, 0.15) is 18.4 Å². The van der Waals surface area contributed by atoms with Gasteiger partial charge in [0.05, 0.1) is 6.61 Å². The van der Waals surface area contributed by atoms with Gasteiger partial charge >= 0.3 is 0 Å². The number of carbonyl (C=O) groups is 1. The molecule has 0 unspecified atom stereocenters. The second-order valence-corrected chi connectivity index (χ2v) is 4.89. The molecule has 4 nitrogen and oxygen atoms in total. The highest BCUT2D eigenvalue weighted by molar-refractivity contribution is 5.90. The lowest BCUT2D eigenvalue weighted by atomic mass is 10.2. The van der Waals surface area contributed by atoms with E-state index in [0.29, 0.717) is 25.1 Å². The van der Waals surface area contributed by atoms with Crippen molar-refractivity contribution in [3.63, 3.8) is 0 Å². The number of aryl methyl sites for hydroxylation is 1. The molecule has 1 amide bonds. The van der Waals surface area contributed by atoms with Gasteiger partial charge in [-0.15, -0.1) is 0 Å². The molecule has 0 saturated carbocycles. The Hall–Kier alpha value is -2.49. The fourth-order valence-electron chi connectivity index (χ4n) is 1.92. The Morgan fingerprint density at radius 3 is 2.57 bits per heavy atom. The molecule has 0 aliphatic carbocycles. The average molecular weight is 284 g/mol. The summed E-state index contributed by atoms with van der Waals surface area (Å²) in [4.78, 5) is 11.8. The summed E-state index contributed by atoms with van der Waals surface area (Å²) in [6, 6.07) is 15.0. The van der Waals surface area contributed by atoms with Gasteiger partial charge in [0, 0.05) is 17.8 Å². The Balaban J connectivity index is 1.70. The largest absolute Gasteiger partial charge is 0.493 e. The van der Waals surface area contributed by atoms with E-state index in [1.54, 1.807) is 24.3 Å². The lowest BCUT2D eigenvalue weighted by molar-refractivity contribution is -0.116. The molecule has 21 heavy (non-hydrogen) atoms. The van der Waals surface area contributed by atoms with Crippen LogP contribution in [0, 0.1) is 6.92 Å². The molecule has 0 spiro atoms. The van der Waals surface area contributed by atoms with Crippen LogP contribution in [0.4, 0.5) is 11.4 Å². The molecule has 0 saturated heterocycles. The second-order valence-electron chi connectivity index (χ2n) is 4.89. The van der Waals surface area contributed by atoms with Crippen molar-refractivity contribution in [2.24, 2.45) is 0 Å². The zero-order valence-electron chi connectivity index (χ0n) is 12.1. The van der Waals surface area contributed by atoms with E-state index in [0.717, 1.165) is 17.0 Å². The summed E-state index contributed by atoms with van der Waals surface area (Å²) in [5, 5.41) is 2.83. The van der Waals surface area contributed by atoms with Crippen LogP contribution in [0.3, 0.4) is 0 Å². The number of amides is 1. The number of para-hydroxylation sites is 1. The molecule has 3 N–H and O–H groups in total. The fourth-order valence-corrected chi connectivity index (χ4v) is 1.92. The first-order valence-electron chi connectivity index (χ1n) is 6.99. The molecule has 0 aromatic heterocycles. The van der Waals surface area contributed by atoms with Crippen LogP contribution in [0.2, 0.25) is 0 Å². The smallest absolute Gasteiger partial charge is 0.224 e. The number of rotatable bonds is 6. The number of hydrogen-bond acceptors (Lipinski definition) is 3. The minimum Gasteiger partial charge on any atom is -0.493 e. The molecule has 2 aromatic carbocycles. The Labute approximate surface area is 124 Å². The molecule has 0 atom stereocenters. The van der Waals surface area contributed by atoms with Crippen molar-refractivity contribution < 1.29 is 9.53 Å². The van der Waals surface area contributed by atoms with Crippen molar-refractivity contribution in [1.29, 1.82) is 0 Å². The normalized spacial score (nSPS) is 10.1. The summed E-state index contributed by atoms with van der Waals surface area (Å²) in [6.45, 7) is 2.53. The van der Waals surface area contributed by atoms with Gasteiger partial charge < -0.3 is 15.8 Å². The predicted molar refractivity (Wildman–Crippen MR) is 85.4 cm³/mol. The van der Waals surface area contributed by atoms with Crippen LogP contribution >= 0.6 is 0 Å². The van der Waals surface area contributed by atoms with Crippen LogP contribution in [0.15, 0.2) is 48.5 Å². The third-order valence-electron chi connectivity index (χ3n) is 3.09. The topological polar surface area (TPSA) is 64.3 Å². The van der Waals surface area contributed by atoms with E-state index in [1.165, 1.54) is 0 Å². The standard InChI is InChI=1S/C17H20N2O2/c1-13-5-2-3-6-16(13)21-12-4-7-17(20)19-15-10-8-14(18)9-11-15/h2-3,5-6,8-11H,4,7,12,18H2,1H3,(H,19,20). The van der Waals surface area contributed by atoms with Crippen LogP contribution < -0.4 is 15.8 Å². The maximum absolute atomic E-state index is 11.8. The first kappa shape index (κ1) is 14.9. The molecule has 2 rings (SSSR count). The van der Waals surface area contributed by atoms with Gasteiger partial charge in [0.1, 0.15) is 5.75 Å². The molecule has 0 aliphatic heterocycles. The maximum Gasteiger partial charge on any atom is 0.224 e. The van der Waals surface area contributed by atoms with Gasteiger partial charge in [-0.1, -0.05) is 18.2 Å². The van der Waals surface area contributed by atoms with Crippen molar-refractivity contribution in [3.05, 3.63) is 54.1 Å². The fraction of sp³-hybridized carbons (Fsp3) is 0.235. The number of nitrogen functional groups attached to an aromatic ring is 1. The van der Waals surface area contributed by atoms with Gasteiger partial charge in [-0.2, -0.15) is 0 Å². The minimum atomic E-state index is -0.0202. The van der Waals surface area contributed by atoms with Crippen LogP contribution in [0.5, 0.6) is 5.75 Å². The first-order valence-corrected chi connectivity index (χ1v) is 6.99. The molecular formula is C17H20N2O2. The van der Waals surface area contributed by atoms with Gasteiger partial charge in [0.2, 0.25) is 5.91 Å². The third-order valence-corrected chi connectivity index (χ3v) is 3.09. The summed E-state index contributed by atoms with van der Waals surface area (Å²) >= 11 is 0. The van der Waals surface area contributed by atoms with E-state index < -0.39 is 0 Å². The Bertz CT molecular complexity index is 594. The Kier molecular flexibility index (Phi) is 5.21. The summed E-state index contributed by atoms with van der Waals surface area (Å²) in [5.41, 5.74) is 8.13. The number of hydrogen-bond donors (Lipinski definition) is 2. The molecule has 110 valence electrons. The number of benzene rings is 2. The van der Waals surface area contributed by atoms with E-state index in [1.807, 2.05) is 31.2 Å². The summed E-state index contributed by atoms with van der Waals surface area (Å²) < 4.78 is 5.66. The predicted octanol–water partition coefficient (Wildman–Crippen LogP) is 3.37. The summed E-state index contributed by atoms with van der Waals surface area (Å²) in [5.74, 6) is 0.851. The lowest BCUT2D eigenvalue weighted by Crippen LogP contribution is -2.12. The number of ether oxygens (including phenoxy) is 1. The molecule has 2 aromatic rings. The van der Waals surface area contributed by atoms with Gasteiger partial charge in [0.25, 0.3) is 0 Å². The highest BCUT2D eigenvalue weighted by atomic mass is 16.5. The molecule has 0 heterocycles. The third kappa shape index (κ3) is 4.84. The van der Waals surface area contributed by atoms with Crippen molar-refractivity contribution in [2.75, 3.05) is 17.7 Å². The average Bonchev–Trinajstić information content (AvgIpc) is 2.48. The molecule has 0 aliphatic rings. The molecule has 0 radical (unpaired) electrons. The van der Waals surface area contributed by atoms with Gasteiger partial charge in [0.15, 0.2) is 0 Å². The van der Waals surface area contributed by atoms with E-state index in [9.17, 15) is 4.79 Å². The number of carbonyl (C=O) groups excluding carboxylic acids is 1. The quantitative estimate of drug-likeness (QED) is 0.631. The van der Waals surface area contributed by atoms with Gasteiger partial charge in [-0.3, -0.25) is 4.79 Å². The second kappa shape index (κ2) is 7.33. The zero-order valence-corrected chi connectivity index (χ0v) is 12.1. The highest BCUT2D eigenvalue weighted by Crippen LogP contribution is 2.16. The number of nitrogens with two attached hydrogens (primary N) is 1.